The van der Waals surface area contributed by atoms with Crippen LogP contribution in [0.25, 0.3) is 110 Å². The lowest BCUT2D eigenvalue weighted by molar-refractivity contribution is 0.669. The van der Waals surface area contributed by atoms with Crippen LogP contribution in [0.2, 0.25) is 0 Å². The van der Waals surface area contributed by atoms with E-state index < -0.39 is 0 Å². The van der Waals surface area contributed by atoms with E-state index in [1.807, 2.05) is 59.9 Å². The highest BCUT2D eigenvalue weighted by Gasteiger charge is 2.21. The molecule has 56 heavy (non-hydrogen) atoms. The SMILES string of the molecule is c1ccc(-c2ccc(-c3nc(-c4ccccc4)nc(-c4cc(-c5cccc6c5sc5cc(-c7ccccc7)ccc56)cc5oc6ccccc6c45)n3)cc2)cc1. The maximum atomic E-state index is 6.63. The second kappa shape index (κ2) is 13.3. The van der Waals surface area contributed by atoms with Crippen molar-refractivity contribution in [2.24, 2.45) is 0 Å². The molecule has 11 aromatic rings. The van der Waals surface area contributed by atoms with E-state index in [9.17, 15) is 0 Å². The molecule has 0 unspecified atom stereocenters. The van der Waals surface area contributed by atoms with Crippen molar-refractivity contribution >= 4 is 53.4 Å². The van der Waals surface area contributed by atoms with Gasteiger partial charge in [-0.25, -0.2) is 15.0 Å². The molecule has 3 heterocycles. The van der Waals surface area contributed by atoms with Gasteiger partial charge in [-0.05, 0) is 57.6 Å². The fourth-order valence-electron chi connectivity index (χ4n) is 7.81. The minimum absolute atomic E-state index is 0.593. The molecule has 262 valence electrons. The summed E-state index contributed by atoms with van der Waals surface area (Å²) in [6.07, 6.45) is 0. The third kappa shape index (κ3) is 5.56. The molecule has 0 amide bonds. The molecular weight excluding hydrogens is 703 g/mol. The van der Waals surface area contributed by atoms with Crippen LogP contribution in [0, 0.1) is 0 Å². The summed E-state index contributed by atoms with van der Waals surface area (Å²) in [5.74, 6) is 1.82. The zero-order chi connectivity index (χ0) is 37.0. The monoisotopic (exact) mass is 733 g/mol. The average molecular weight is 734 g/mol. The van der Waals surface area contributed by atoms with Gasteiger partial charge in [0.2, 0.25) is 0 Å². The van der Waals surface area contributed by atoms with E-state index in [1.165, 1.54) is 31.3 Å². The van der Waals surface area contributed by atoms with E-state index >= 15 is 0 Å². The molecule has 0 bridgehead atoms. The Morgan fingerprint density at radius 3 is 1.62 bits per heavy atom. The highest BCUT2D eigenvalue weighted by molar-refractivity contribution is 7.26. The first kappa shape index (κ1) is 32.2. The van der Waals surface area contributed by atoms with Gasteiger partial charge in [0.05, 0.1) is 0 Å². The van der Waals surface area contributed by atoms with Crippen LogP contribution in [0.15, 0.2) is 192 Å². The quantitative estimate of drug-likeness (QED) is 0.171. The first-order valence-corrected chi connectivity index (χ1v) is 19.5. The Morgan fingerprint density at radius 2 is 0.893 bits per heavy atom. The first-order valence-electron chi connectivity index (χ1n) is 18.7. The summed E-state index contributed by atoms with van der Waals surface area (Å²) in [6.45, 7) is 0. The van der Waals surface area contributed by atoms with Crippen molar-refractivity contribution in [1.29, 1.82) is 0 Å². The number of aromatic nitrogens is 3. The second-order valence-corrected chi connectivity index (χ2v) is 15.0. The fraction of sp³-hybridized carbons (Fsp3) is 0. The van der Waals surface area contributed by atoms with Gasteiger partial charge in [-0.3, -0.25) is 0 Å². The number of fused-ring (bicyclic) bond motifs is 6. The highest BCUT2D eigenvalue weighted by atomic mass is 32.1. The van der Waals surface area contributed by atoms with Crippen molar-refractivity contribution in [3.8, 4) is 67.5 Å². The summed E-state index contributed by atoms with van der Waals surface area (Å²) in [5, 5.41) is 4.49. The third-order valence-corrected chi connectivity index (χ3v) is 11.8. The molecule has 5 heteroatoms. The van der Waals surface area contributed by atoms with Gasteiger partial charge < -0.3 is 4.42 Å². The van der Waals surface area contributed by atoms with Crippen LogP contribution in [0.3, 0.4) is 0 Å². The van der Waals surface area contributed by atoms with Crippen LogP contribution in [0.4, 0.5) is 0 Å². The molecule has 3 aromatic heterocycles. The van der Waals surface area contributed by atoms with Gasteiger partial charge in [0, 0.05) is 47.6 Å². The Labute approximate surface area is 327 Å². The van der Waals surface area contributed by atoms with Gasteiger partial charge in [-0.15, -0.1) is 11.3 Å². The molecule has 0 radical (unpaired) electrons. The highest BCUT2D eigenvalue weighted by Crippen LogP contribution is 2.45. The molecule has 0 spiro atoms. The molecule has 0 atom stereocenters. The van der Waals surface area contributed by atoms with Gasteiger partial charge in [0.15, 0.2) is 17.5 Å². The summed E-state index contributed by atoms with van der Waals surface area (Å²) in [4.78, 5) is 15.5. The summed E-state index contributed by atoms with van der Waals surface area (Å²) >= 11 is 1.83. The number of nitrogens with zero attached hydrogens (tertiary/aromatic N) is 3. The summed E-state index contributed by atoms with van der Waals surface area (Å²) in [5.41, 5.74) is 11.3. The van der Waals surface area contributed by atoms with E-state index in [0.29, 0.717) is 17.5 Å². The Bertz CT molecular complexity index is 3230. The molecule has 0 aliphatic rings. The summed E-state index contributed by atoms with van der Waals surface area (Å²) < 4.78 is 9.12. The van der Waals surface area contributed by atoms with Crippen molar-refractivity contribution in [3.63, 3.8) is 0 Å². The molecule has 0 saturated heterocycles. The van der Waals surface area contributed by atoms with Gasteiger partial charge >= 0.3 is 0 Å². The first-order chi connectivity index (χ1) is 27.7. The maximum absolute atomic E-state index is 6.63. The van der Waals surface area contributed by atoms with Gasteiger partial charge in [-0.1, -0.05) is 164 Å². The van der Waals surface area contributed by atoms with Crippen LogP contribution in [-0.4, -0.2) is 15.0 Å². The van der Waals surface area contributed by atoms with E-state index in [1.54, 1.807) is 0 Å². The van der Waals surface area contributed by atoms with Crippen molar-refractivity contribution in [1.82, 2.24) is 15.0 Å². The van der Waals surface area contributed by atoms with E-state index in [4.69, 9.17) is 19.4 Å². The molecule has 0 N–H and O–H groups in total. The topological polar surface area (TPSA) is 51.8 Å². The smallest absolute Gasteiger partial charge is 0.164 e. The molecular formula is C51H31N3OS. The predicted molar refractivity (Wildman–Crippen MR) is 233 cm³/mol. The Morgan fingerprint density at radius 1 is 0.339 bits per heavy atom. The lowest BCUT2D eigenvalue weighted by Crippen LogP contribution is -2.00. The van der Waals surface area contributed by atoms with Gasteiger partial charge in [0.1, 0.15) is 11.2 Å². The number of benzene rings is 8. The number of thiophene rings is 1. The van der Waals surface area contributed by atoms with E-state index in [-0.39, 0.29) is 0 Å². The number of para-hydroxylation sites is 1. The van der Waals surface area contributed by atoms with Crippen LogP contribution < -0.4 is 0 Å². The van der Waals surface area contributed by atoms with E-state index in [0.717, 1.165) is 60.9 Å². The largest absolute Gasteiger partial charge is 0.456 e. The molecule has 0 saturated carbocycles. The summed E-state index contributed by atoms with van der Waals surface area (Å²) in [7, 11) is 0. The minimum Gasteiger partial charge on any atom is -0.456 e. The number of hydrogen-bond acceptors (Lipinski definition) is 5. The van der Waals surface area contributed by atoms with Crippen molar-refractivity contribution in [3.05, 3.63) is 188 Å². The minimum atomic E-state index is 0.593. The molecule has 0 fully saturated rings. The zero-order valence-corrected chi connectivity index (χ0v) is 30.9. The molecule has 0 aliphatic heterocycles. The van der Waals surface area contributed by atoms with Crippen LogP contribution in [0.5, 0.6) is 0 Å². The molecule has 0 aliphatic carbocycles. The second-order valence-electron chi connectivity index (χ2n) is 14.0. The summed E-state index contributed by atoms with van der Waals surface area (Å²) in [6, 6.07) is 65.6. The lowest BCUT2D eigenvalue weighted by Gasteiger charge is -2.12. The number of rotatable bonds is 6. The van der Waals surface area contributed by atoms with Crippen LogP contribution in [0.1, 0.15) is 0 Å². The van der Waals surface area contributed by atoms with Gasteiger partial charge in [0.25, 0.3) is 0 Å². The zero-order valence-electron chi connectivity index (χ0n) is 30.1. The Hall–Kier alpha value is -7.21. The Balaban J connectivity index is 1.13. The number of furan rings is 1. The fourth-order valence-corrected chi connectivity index (χ4v) is 9.08. The average Bonchev–Trinajstić information content (AvgIpc) is 3.85. The molecule has 11 rings (SSSR count). The lowest BCUT2D eigenvalue weighted by atomic mass is 9.96. The third-order valence-electron chi connectivity index (χ3n) is 10.6. The van der Waals surface area contributed by atoms with Crippen molar-refractivity contribution in [2.45, 2.75) is 0 Å². The maximum Gasteiger partial charge on any atom is 0.164 e. The van der Waals surface area contributed by atoms with Gasteiger partial charge in [-0.2, -0.15) is 0 Å². The standard InChI is InChI=1S/C51H31N3OS/c1-4-13-32(14-5-1)34-23-25-36(26-24-34)50-52-49(35-17-8-3-9-18-35)53-51(54-50)43-29-38(30-45-47(43)42-19-10-11-22-44(42)55-45)39-20-12-21-41-40-28-27-37(31-46(40)56-48(39)41)33-15-6-2-7-16-33/h1-31H. The van der Waals surface area contributed by atoms with E-state index in [2.05, 4.69) is 140 Å². The van der Waals surface area contributed by atoms with Crippen molar-refractivity contribution < 1.29 is 4.42 Å². The van der Waals surface area contributed by atoms with Crippen molar-refractivity contribution in [2.75, 3.05) is 0 Å². The Kier molecular flexibility index (Phi) is 7.64. The predicted octanol–water partition coefficient (Wildman–Crippen LogP) is 14.1. The normalized spacial score (nSPS) is 11.6. The van der Waals surface area contributed by atoms with Crippen LogP contribution >= 0.6 is 11.3 Å². The molecule has 4 nitrogen and oxygen atoms in total. The number of hydrogen-bond donors (Lipinski definition) is 0. The van der Waals surface area contributed by atoms with Crippen LogP contribution in [-0.2, 0) is 0 Å². The molecule has 8 aromatic carbocycles.